The fourth-order valence-corrected chi connectivity index (χ4v) is 3.50. The summed E-state index contributed by atoms with van der Waals surface area (Å²) in [6.45, 7) is 3.40. The maximum Gasteiger partial charge on any atom is 0.227 e. The standard InChI is InChI=1S/C19H22N4O/c24-18(10-14-4-2-1-3-5-14)23-9-7-17-16(13-23)12-21-19(22-17)15-6-8-20-11-15/h1-5,12,15,20H,6-11,13H2/t15-/m1/s1. The van der Waals surface area contributed by atoms with Gasteiger partial charge in [0.05, 0.1) is 12.1 Å². The van der Waals surface area contributed by atoms with E-state index in [-0.39, 0.29) is 5.91 Å². The number of benzene rings is 1. The molecule has 0 radical (unpaired) electrons. The fourth-order valence-electron chi connectivity index (χ4n) is 3.50. The lowest BCUT2D eigenvalue weighted by Crippen LogP contribution is -2.37. The van der Waals surface area contributed by atoms with E-state index in [1.807, 2.05) is 41.4 Å². The number of hydrogen-bond donors (Lipinski definition) is 1. The molecular weight excluding hydrogens is 300 g/mol. The summed E-state index contributed by atoms with van der Waals surface area (Å²) in [4.78, 5) is 23.8. The van der Waals surface area contributed by atoms with Crippen LogP contribution in [0.4, 0.5) is 0 Å². The van der Waals surface area contributed by atoms with E-state index in [4.69, 9.17) is 4.98 Å². The van der Waals surface area contributed by atoms with Gasteiger partial charge in [0.25, 0.3) is 0 Å². The maximum atomic E-state index is 12.5. The number of fused-ring (bicyclic) bond motifs is 1. The summed E-state index contributed by atoms with van der Waals surface area (Å²) in [5.74, 6) is 1.58. The van der Waals surface area contributed by atoms with Crippen LogP contribution in [0, 0.1) is 0 Å². The van der Waals surface area contributed by atoms with E-state index in [0.29, 0.717) is 18.9 Å². The third-order valence-corrected chi connectivity index (χ3v) is 4.93. The van der Waals surface area contributed by atoms with Crippen molar-refractivity contribution in [2.24, 2.45) is 0 Å². The first-order valence-electron chi connectivity index (χ1n) is 8.67. The molecule has 1 atom stereocenters. The van der Waals surface area contributed by atoms with E-state index in [2.05, 4.69) is 10.3 Å². The molecule has 5 nitrogen and oxygen atoms in total. The van der Waals surface area contributed by atoms with Crippen molar-refractivity contribution in [2.75, 3.05) is 19.6 Å². The van der Waals surface area contributed by atoms with Gasteiger partial charge in [-0.15, -0.1) is 0 Å². The molecule has 2 aromatic rings. The molecule has 2 aliphatic rings. The van der Waals surface area contributed by atoms with Crippen molar-refractivity contribution in [3.05, 3.63) is 59.2 Å². The first-order valence-corrected chi connectivity index (χ1v) is 8.67. The molecule has 24 heavy (non-hydrogen) atoms. The minimum atomic E-state index is 0.177. The van der Waals surface area contributed by atoms with Crippen molar-refractivity contribution >= 4 is 5.91 Å². The predicted octanol–water partition coefficient (Wildman–Crippen LogP) is 1.68. The number of nitrogens with one attached hydrogen (secondary N) is 1. The Morgan fingerprint density at radius 1 is 1.29 bits per heavy atom. The lowest BCUT2D eigenvalue weighted by atomic mass is 10.0. The molecular formula is C19H22N4O. The first-order chi connectivity index (χ1) is 11.8. The Hall–Kier alpha value is -2.27. The number of carbonyl (C=O) groups is 1. The summed E-state index contributed by atoms with van der Waals surface area (Å²) < 4.78 is 0. The second-order valence-electron chi connectivity index (χ2n) is 6.62. The molecule has 124 valence electrons. The molecule has 1 amide bonds. The molecule has 1 aromatic carbocycles. The van der Waals surface area contributed by atoms with Crippen LogP contribution < -0.4 is 5.32 Å². The number of hydrogen-bond acceptors (Lipinski definition) is 4. The van der Waals surface area contributed by atoms with E-state index < -0.39 is 0 Å². The highest BCUT2D eigenvalue weighted by Crippen LogP contribution is 2.23. The molecule has 1 aromatic heterocycles. The van der Waals surface area contributed by atoms with Crippen LogP contribution in [-0.2, 0) is 24.2 Å². The van der Waals surface area contributed by atoms with Gasteiger partial charge in [0.1, 0.15) is 5.82 Å². The Kier molecular flexibility index (Phi) is 4.26. The number of nitrogens with zero attached hydrogens (tertiary/aromatic N) is 3. The summed E-state index contributed by atoms with van der Waals surface area (Å²) >= 11 is 0. The van der Waals surface area contributed by atoms with Crippen LogP contribution in [0.1, 0.15) is 35.0 Å². The number of rotatable bonds is 3. The molecule has 0 saturated carbocycles. The molecule has 0 unspecified atom stereocenters. The second-order valence-corrected chi connectivity index (χ2v) is 6.62. The van der Waals surface area contributed by atoms with E-state index in [1.165, 1.54) is 0 Å². The van der Waals surface area contributed by atoms with Crippen molar-refractivity contribution in [2.45, 2.75) is 31.7 Å². The van der Waals surface area contributed by atoms with Gasteiger partial charge in [0, 0.05) is 43.7 Å². The maximum absolute atomic E-state index is 12.5. The van der Waals surface area contributed by atoms with Crippen molar-refractivity contribution in [1.82, 2.24) is 20.2 Å². The van der Waals surface area contributed by atoms with Gasteiger partial charge >= 0.3 is 0 Å². The van der Waals surface area contributed by atoms with E-state index in [9.17, 15) is 4.79 Å². The summed E-state index contributed by atoms with van der Waals surface area (Å²) in [5, 5.41) is 3.36. The van der Waals surface area contributed by atoms with Crippen molar-refractivity contribution < 1.29 is 4.79 Å². The zero-order valence-electron chi connectivity index (χ0n) is 13.7. The Morgan fingerprint density at radius 2 is 2.17 bits per heavy atom. The average Bonchev–Trinajstić information content (AvgIpc) is 3.16. The van der Waals surface area contributed by atoms with Crippen LogP contribution in [0.15, 0.2) is 36.5 Å². The molecule has 0 bridgehead atoms. The van der Waals surface area contributed by atoms with E-state index >= 15 is 0 Å². The SMILES string of the molecule is O=C(Cc1ccccc1)N1CCc2nc([C@@H]3CCNC3)ncc2C1. The van der Waals surface area contributed by atoms with E-state index in [1.54, 1.807) is 0 Å². The van der Waals surface area contributed by atoms with Crippen LogP contribution >= 0.6 is 0 Å². The number of aromatic nitrogens is 2. The fraction of sp³-hybridized carbons (Fsp3) is 0.421. The monoisotopic (exact) mass is 322 g/mol. The quantitative estimate of drug-likeness (QED) is 0.934. The second kappa shape index (κ2) is 6.69. The highest BCUT2D eigenvalue weighted by atomic mass is 16.2. The van der Waals surface area contributed by atoms with Crippen LogP contribution in [-0.4, -0.2) is 40.4 Å². The number of carbonyl (C=O) groups excluding carboxylic acids is 1. The van der Waals surface area contributed by atoms with Gasteiger partial charge in [-0.2, -0.15) is 0 Å². The van der Waals surface area contributed by atoms with E-state index in [0.717, 1.165) is 55.1 Å². The minimum absolute atomic E-state index is 0.177. The molecule has 1 fully saturated rings. The largest absolute Gasteiger partial charge is 0.338 e. The molecule has 4 rings (SSSR count). The third-order valence-electron chi connectivity index (χ3n) is 4.93. The Morgan fingerprint density at radius 3 is 2.96 bits per heavy atom. The van der Waals surface area contributed by atoms with Gasteiger partial charge in [0.15, 0.2) is 0 Å². The topological polar surface area (TPSA) is 58.1 Å². The van der Waals surface area contributed by atoms with Crippen LogP contribution in [0.5, 0.6) is 0 Å². The zero-order valence-corrected chi connectivity index (χ0v) is 13.7. The molecule has 0 aliphatic carbocycles. The summed E-state index contributed by atoms with van der Waals surface area (Å²) in [7, 11) is 0. The smallest absolute Gasteiger partial charge is 0.227 e. The Labute approximate surface area is 142 Å². The van der Waals surface area contributed by atoms with Gasteiger partial charge in [-0.05, 0) is 18.5 Å². The van der Waals surface area contributed by atoms with Gasteiger partial charge < -0.3 is 10.2 Å². The molecule has 3 heterocycles. The summed E-state index contributed by atoms with van der Waals surface area (Å²) in [6.07, 6.45) is 4.33. The minimum Gasteiger partial charge on any atom is -0.338 e. The molecule has 1 saturated heterocycles. The highest BCUT2D eigenvalue weighted by molar-refractivity contribution is 5.79. The van der Waals surface area contributed by atoms with Gasteiger partial charge in [-0.25, -0.2) is 9.97 Å². The van der Waals surface area contributed by atoms with Crippen LogP contribution in [0.25, 0.3) is 0 Å². The summed E-state index contributed by atoms with van der Waals surface area (Å²) in [6, 6.07) is 9.92. The zero-order chi connectivity index (χ0) is 16.4. The third kappa shape index (κ3) is 3.17. The molecule has 2 aliphatic heterocycles. The first kappa shape index (κ1) is 15.3. The van der Waals surface area contributed by atoms with Crippen molar-refractivity contribution in [1.29, 1.82) is 0 Å². The average molecular weight is 322 g/mol. The molecule has 1 N–H and O–H groups in total. The van der Waals surface area contributed by atoms with Gasteiger partial charge in [-0.3, -0.25) is 4.79 Å². The Bertz CT molecular complexity index is 725. The lowest BCUT2D eigenvalue weighted by Gasteiger charge is -2.28. The predicted molar refractivity (Wildman–Crippen MR) is 91.5 cm³/mol. The normalized spacial score (nSPS) is 20.0. The van der Waals surface area contributed by atoms with Gasteiger partial charge in [0.2, 0.25) is 5.91 Å². The highest BCUT2D eigenvalue weighted by Gasteiger charge is 2.25. The number of amides is 1. The molecule has 5 heteroatoms. The van der Waals surface area contributed by atoms with Crippen LogP contribution in [0.2, 0.25) is 0 Å². The van der Waals surface area contributed by atoms with Gasteiger partial charge in [-0.1, -0.05) is 30.3 Å². The summed E-state index contributed by atoms with van der Waals surface area (Å²) in [5.41, 5.74) is 3.28. The van der Waals surface area contributed by atoms with Crippen molar-refractivity contribution in [3.8, 4) is 0 Å². The Balaban J connectivity index is 1.44. The lowest BCUT2D eigenvalue weighted by molar-refractivity contribution is -0.131. The molecule has 0 spiro atoms. The van der Waals surface area contributed by atoms with Crippen LogP contribution in [0.3, 0.4) is 0 Å². The van der Waals surface area contributed by atoms with Crippen molar-refractivity contribution in [3.63, 3.8) is 0 Å².